The molecule has 4 saturated carbocycles. The Kier molecular flexibility index (Phi) is 5.60. The third kappa shape index (κ3) is 3.55. The van der Waals surface area contributed by atoms with Crippen molar-refractivity contribution in [3.63, 3.8) is 0 Å². The van der Waals surface area contributed by atoms with Crippen molar-refractivity contribution in [1.29, 1.82) is 0 Å². The summed E-state index contributed by atoms with van der Waals surface area (Å²) in [6.07, 6.45) is 13.6. The summed E-state index contributed by atoms with van der Waals surface area (Å²) in [6.45, 7) is 3.26. The van der Waals surface area contributed by atoms with E-state index >= 15 is 0 Å². The highest BCUT2D eigenvalue weighted by molar-refractivity contribution is 5.84. The third-order valence-electron chi connectivity index (χ3n) is 10.6. The Morgan fingerprint density at radius 3 is 2.85 bits per heavy atom. The van der Waals surface area contributed by atoms with Crippen molar-refractivity contribution in [2.24, 2.45) is 40.9 Å². The number of carbonyl (C=O) groups excluding carboxylic acids is 1. The average molecular weight is 466 g/mol. The topological polar surface area (TPSA) is 77.2 Å². The van der Waals surface area contributed by atoms with Gasteiger partial charge in [0.15, 0.2) is 5.78 Å². The monoisotopic (exact) mass is 465 g/mol. The summed E-state index contributed by atoms with van der Waals surface area (Å²) in [5.74, 6) is 4.08. The van der Waals surface area contributed by atoms with Gasteiger partial charge in [-0.2, -0.15) is 5.10 Å². The molecule has 1 N–H and O–H groups in total. The summed E-state index contributed by atoms with van der Waals surface area (Å²) in [4.78, 5) is 18.0. The molecule has 184 valence electrons. The van der Waals surface area contributed by atoms with E-state index in [0.717, 1.165) is 54.5 Å². The van der Waals surface area contributed by atoms with E-state index in [2.05, 4.69) is 17.0 Å². The number of ketones is 1. The highest BCUT2D eigenvalue weighted by Gasteiger charge is 2.59. The van der Waals surface area contributed by atoms with E-state index < -0.39 is 5.60 Å². The van der Waals surface area contributed by atoms with Crippen LogP contribution in [0.3, 0.4) is 0 Å². The van der Waals surface area contributed by atoms with Crippen LogP contribution in [-0.4, -0.2) is 45.0 Å². The van der Waals surface area contributed by atoms with Crippen LogP contribution in [0.15, 0.2) is 24.5 Å². The number of nitrogens with zero attached hydrogens (tertiary/aromatic N) is 3. The van der Waals surface area contributed by atoms with Crippen molar-refractivity contribution >= 4 is 16.8 Å². The fourth-order valence-electron chi connectivity index (χ4n) is 9.19. The normalized spacial score (nSPS) is 41.6. The number of Topliss-reactive ketones (excluding diaryl/α,β-unsaturated/α-hetero) is 1. The van der Waals surface area contributed by atoms with E-state index in [9.17, 15) is 9.90 Å². The Balaban J connectivity index is 1.17. The quantitative estimate of drug-likeness (QED) is 0.696. The second kappa shape index (κ2) is 8.41. The number of aliphatic hydroxyl groups is 1. The minimum Gasteiger partial charge on any atom is -0.387 e. The van der Waals surface area contributed by atoms with Crippen molar-refractivity contribution in [1.82, 2.24) is 14.8 Å². The summed E-state index contributed by atoms with van der Waals surface area (Å²) in [5.41, 5.74) is 1.30. The first-order chi connectivity index (χ1) is 16.4. The van der Waals surface area contributed by atoms with Gasteiger partial charge in [-0.1, -0.05) is 6.92 Å². The molecule has 8 atom stereocenters. The number of aromatic nitrogens is 3. The molecule has 0 saturated heterocycles. The molecule has 4 aliphatic rings. The van der Waals surface area contributed by atoms with Gasteiger partial charge in [-0.25, -0.2) is 0 Å². The zero-order valence-electron chi connectivity index (χ0n) is 20.7. The lowest BCUT2D eigenvalue weighted by Gasteiger charge is -2.57. The van der Waals surface area contributed by atoms with Crippen LogP contribution in [0.1, 0.15) is 64.7 Å². The predicted octanol–water partition coefficient (Wildman–Crippen LogP) is 4.65. The zero-order valence-corrected chi connectivity index (χ0v) is 20.7. The number of pyridine rings is 1. The Morgan fingerprint density at radius 1 is 1.15 bits per heavy atom. The van der Waals surface area contributed by atoms with E-state index in [1.54, 1.807) is 19.5 Å². The molecule has 34 heavy (non-hydrogen) atoms. The Hall–Kier alpha value is -1.79. The summed E-state index contributed by atoms with van der Waals surface area (Å²) in [6, 6.07) is 3.92. The van der Waals surface area contributed by atoms with E-state index in [0.29, 0.717) is 30.8 Å². The van der Waals surface area contributed by atoms with Crippen LogP contribution in [0.5, 0.6) is 0 Å². The lowest BCUT2D eigenvalue weighted by molar-refractivity contribution is -0.136. The van der Waals surface area contributed by atoms with Crippen molar-refractivity contribution in [3.8, 4) is 0 Å². The predicted molar refractivity (Wildman–Crippen MR) is 130 cm³/mol. The Bertz CT molecular complexity index is 1070. The molecule has 4 fully saturated rings. The molecule has 0 spiro atoms. The van der Waals surface area contributed by atoms with Crippen LogP contribution < -0.4 is 0 Å². The molecule has 2 aromatic rings. The van der Waals surface area contributed by atoms with Crippen LogP contribution in [0.4, 0.5) is 0 Å². The number of ether oxygens (including phenoxy) is 1. The van der Waals surface area contributed by atoms with Gasteiger partial charge in [0.05, 0.1) is 23.9 Å². The number of fused-ring (bicyclic) bond motifs is 6. The van der Waals surface area contributed by atoms with Gasteiger partial charge >= 0.3 is 0 Å². The van der Waals surface area contributed by atoms with Crippen LogP contribution in [-0.2, 0) is 16.1 Å². The van der Waals surface area contributed by atoms with Gasteiger partial charge in [0.1, 0.15) is 12.1 Å². The number of hydrogen-bond donors (Lipinski definition) is 1. The fraction of sp³-hybridized carbons (Fsp3) is 0.750. The van der Waals surface area contributed by atoms with Crippen molar-refractivity contribution < 1.29 is 14.6 Å². The van der Waals surface area contributed by atoms with E-state index in [-0.39, 0.29) is 11.3 Å². The van der Waals surface area contributed by atoms with Gasteiger partial charge in [-0.15, -0.1) is 0 Å². The third-order valence-corrected chi connectivity index (χ3v) is 10.6. The van der Waals surface area contributed by atoms with Crippen LogP contribution >= 0.6 is 0 Å². The average Bonchev–Trinajstić information content (AvgIpc) is 3.39. The molecular weight excluding hydrogens is 426 g/mol. The zero-order chi connectivity index (χ0) is 23.5. The molecule has 6 heteroatoms. The van der Waals surface area contributed by atoms with Gasteiger partial charge in [0.2, 0.25) is 0 Å². The van der Waals surface area contributed by atoms with Gasteiger partial charge in [-0.3, -0.25) is 14.5 Å². The summed E-state index contributed by atoms with van der Waals surface area (Å²) < 4.78 is 7.19. The smallest absolute Gasteiger partial charge is 0.157 e. The maximum Gasteiger partial charge on any atom is 0.157 e. The Labute approximate surface area is 202 Å². The first-order valence-electron chi connectivity index (χ1n) is 13.4. The molecule has 0 bridgehead atoms. The second-order valence-corrected chi connectivity index (χ2v) is 12.2. The van der Waals surface area contributed by atoms with Crippen molar-refractivity contribution in [2.75, 3.05) is 13.7 Å². The van der Waals surface area contributed by atoms with Crippen LogP contribution in [0.2, 0.25) is 0 Å². The highest BCUT2D eigenvalue weighted by Crippen LogP contribution is 2.64. The highest BCUT2D eigenvalue weighted by atomic mass is 16.5. The molecule has 4 aliphatic carbocycles. The van der Waals surface area contributed by atoms with Crippen molar-refractivity contribution in [3.05, 3.63) is 24.5 Å². The molecule has 6 rings (SSSR count). The molecule has 0 amide bonds. The lowest BCUT2D eigenvalue weighted by Crippen LogP contribution is -2.52. The van der Waals surface area contributed by atoms with E-state index in [1.165, 1.54) is 32.1 Å². The maximum atomic E-state index is 13.6. The van der Waals surface area contributed by atoms with E-state index in [1.807, 2.05) is 16.8 Å². The summed E-state index contributed by atoms with van der Waals surface area (Å²) in [7, 11) is 1.70. The van der Waals surface area contributed by atoms with Crippen LogP contribution in [0, 0.1) is 40.9 Å². The second-order valence-electron chi connectivity index (χ2n) is 12.2. The Morgan fingerprint density at radius 2 is 2.00 bits per heavy atom. The van der Waals surface area contributed by atoms with Gasteiger partial charge in [-0.05, 0) is 105 Å². The van der Waals surface area contributed by atoms with Gasteiger partial charge in [0.25, 0.3) is 0 Å². The molecule has 0 radical (unpaired) electrons. The number of rotatable bonds is 5. The molecule has 2 aromatic heterocycles. The van der Waals surface area contributed by atoms with Gasteiger partial charge < -0.3 is 9.84 Å². The SMILES string of the molecule is COCC1(O)CCC2C(CCC3C2CCC2(C)C(C(=O)Cn4ncc5ncccc54)CCC32)C1. The first-order valence-corrected chi connectivity index (χ1v) is 13.4. The molecule has 0 aliphatic heterocycles. The summed E-state index contributed by atoms with van der Waals surface area (Å²) in [5, 5.41) is 15.5. The first kappa shape index (κ1) is 22.7. The maximum absolute atomic E-state index is 13.6. The molecule has 8 unspecified atom stereocenters. The molecular formula is C28H39N3O3. The minimum atomic E-state index is -0.622. The fourth-order valence-corrected chi connectivity index (χ4v) is 9.19. The van der Waals surface area contributed by atoms with Crippen molar-refractivity contribution in [2.45, 2.75) is 76.9 Å². The largest absolute Gasteiger partial charge is 0.387 e. The number of methoxy groups -OCH3 is 1. The number of carbonyl (C=O) groups is 1. The minimum absolute atomic E-state index is 0.123. The number of hydrogen-bond acceptors (Lipinski definition) is 5. The lowest BCUT2D eigenvalue weighted by atomic mass is 9.49. The van der Waals surface area contributed by atoms with Gasteiger partial charge in [0, 0.05) is 19.2 Å². The molecule has 0 aromatic carbocycles. The molecule has 2 heterocycles. The van der Waals surface area contributed by atoms with Crippen LogP contribution in [0.25, 0.3) is 11.0 Å². The molecule has 6 nitrogen and oxygen atoms in total. The standard InChI is InChI=1S/C28H39N3O3/c1-27-11-9-20-19-10-12-28(33,17-34-2)14-18(19)5-6-21(20)22(27)7-8-23(27)26(32)16-31-25-4-3-13-29-24(25)15-30-31/h3-4,13,15,18-23,33H,5-12,14,16-17H2,1-2H3. The van der Waals surface area contributed by atoms with E-state index in [4.69, 9.17) is 4.74 Å². The summed E-state index contributed by atoms with van der Waals surface area (Å²) >= 11 is 0.